The number of rotatable bonds is 7. The predicted octanol–water partition coefficient (Wildman–Crippen LogP) is 4.34. The number of carboxylic acid groups (broad SMARTS) is 1. The fraction of sp³-hybridized carbons (Fsp3) is 0.562. The lowest BCUT2D eigenvalue weighted by Gasteiger charge is -2.26. The monoisotopic (exact) mass is 340 g/mol. The summed E-state index contributed by atoms with van der Waals surface area (Å²) in [5.74, 6) is 0.844. The minimum atomic E-state index is -0.742. The molecule has 20 heavy (non-hydrogen) atoms. The Morgan fingerprint density at radius 2 is 2.20 bits per heavy atom. The molecule has 0 heterocycles. The highest BCUT2D eigenvalue weighted by atomic mass is 79.9. The number of carboxylic acids is 1. The highest BCUT2D eigenvalue weighted by Gasteiger charge is 2.19. The molecule has 0 unspecified atom stereocenters. The normalized spacial score (nSPS) is 14.9. The quantitative estimate of drug-likeness (QED) is 0.802. The first-order valence-electron chi connectivity index (χ1n) is 7.20. The zero-order valence-corrected chi connectivity index (χ0v) is 13.4. The molecule has 0 aliphatic heterocycles. The van der Waals surface area contributed by atoms with Crippen LogP contribution < -0.4 is 4.74 Å². The van der Waals surface area contributed by atoms with Crippen LogP contribution in [0, 0.1) is 12.8 Å². The molecule has 1 aromatic rings. The maximum absolute atomic E-state index is 10.6. The summed E-state index contributed by atoms with van der Waals surface area (Å²) in [7, 11) is 0. The van der Waals surface area contributed by atoms with Crippen molar-refractivity contribution in [3.8, 4) is 5.75 Å². The van der Waals surface area contributed by atoms with Gasteiger partial charge in [0.1, 0.15) is 5.75 Å². The van der Waals surface area contributed by atoms with E-state index in [0.29, 0.717) is 12.3 Å². The Labute approximate surface area is 128 Å². The van der Waals surface area contributed by atoms with Crippen molar-refractivity contribution in [3.05, 3.63) is 27.7 Å². The molecule has 0 amide bonds. The molecular weight excluding hydrogens is 320 g/mol. The molecule has 1 aliphatic rings. The third-order valence-corrected chi connectivity index (χ3v) is 4.38. The van der Waals surface area contributed by atoms with Crippen molar-refractivity contribution in [1.29, 1.82) is 0 Å². The predicted molar refractivity (Wildman–Crippen MR) is 82.3 cm³/mol. The van der Waals surface area contributed by atoms with Crippen molar-refractivity contribution in [2.45, 2.75) is 45.4 Å². The fourth-order valence-corrected chi connectivity index (χ4v) is 3.17. The summed E-state index contributed by atoms with van der Waals surface area (Å²) < 4.78 is 6.96. The van der Waals surface area contributed by atoms with Gasteiger partial charge in [-0.15, -0.1) is 0 Å². The van der Waals surface area contributed by atoms with E-state index in [1.807, 2.05) is 6.92 Å². The molecule has 0 radical (unpaired) electrons. The highest BCUT2D eigenvalue weighted by Crippen LogP contribution is 2.34. The third-order valence-electron chi connectivity index (χ3n) is 3.79. The van der Waals surface area contributed by atoms with Gasteiger partial charge in [-0.2, -0.15) is 0 Å². The van der Waals surface area contributed by atoms with Crippen LogP contribution in [0.4, 0.5) is 0 Å². The highest BCUT2D eigenvalue weighted by molar-refractivity contribution is 9.10. The fourth-order valence-electron chi connectivity index (χ4n) is 2.44. The van der Waals surface area contributed by atoms with Gasteiger partial charge in [0, 0.05) is 6.42 Å². The molecule has 1 aromatic carbocycles. The van der Waals surface area contributed by atoms with Gasteiger partial charge in [-0.1, -0.05) is 12.5 Å². The van der Waals surface area contributed by atoms with Gasteiger partial charge < -0.3 is 9.84 Å². The van der Waals surface area contributed by atoms with Crippen molar-refractivity contribution >= 4 is 21.9 Å². The molecule has 1 fully saturated rings. The topological polar surface area (TPSA) is 46.5 Å². The number of aliphatic carboxylic acids is 1. The summed E-state index contributed by atoms with van der Waals surface area (Å²) >= 11 is 3.57. The molecule has 0 aromatic heterocycles. The Morgan fingerprint density at radius 1 is 1.45 bits per heavy atom. The first-order chi connectivity index (χ1) is 9.56. The van der Waals surface area contributed by atoms with Crippen LogP contribution in [-0.2, 0) is 11.2 Å². The van der Waals surface area contributed by atoms with E-state index in [9.17, 15) is 4.79 Å². The lowest BCUT2D eigenvalue weighted by molar-refractivity contribution is -0.137. The van der Waals surface area contributed by atoms with E-state index in [0.717, 1.165) is 34.4 Å². The largest absolute Gasteiger partial charge is 0.492 e. The average Bonchev–Trinajstić information content (AvgIpc) is 2.29. The van der Waals surface area contributed by atoms with E-state index in [4.69, 9.17) is 9.84 Å². The van der Waals surface area contributed by atoms with Gasteiger partial charge >= 0.3 is 5.97 Å². The molecule has 1 saturated carbocycles. The van der Waals surface area contributed by atoms with Crippen LogP contribution in [0.25, 0.3) is 0 Å². The van der Waals surface area contributed by atoms with Gasteiger partial charge in [-0.25, -0.2) is 0 Å². The third kappa shape index (κ3) is 4.23. The number of hydrogen-bond donors (Lipinski definition) is 1. The number of hydrogen-bond acceptors (Lipinski definition) is 2. The van der Waals surface area contributed by atoms with Crippen LogP contribution in [0.2, 0.25) is 0 Å². The van der Waals surface area contributed by atoms with E-state index in [2.05, 4.69) is 28.1 Å². The molecule has 0 atom stereocenters. The van der Waals surface area contributed by atoms with E-state index >= 15 is 0 Å². The summed E-state index contributed by atoms with van der Waals surface area (Å²) in [5.41, 5.74) is 2.27. The Bertz CT molecular complexity index is 481. The van der Waals surface area contributed by atoms with Crippen molar-refractivity contribution < 1.29 is 14.6 Å². The SMILES string of the molecule is Cc1cc(Br)c(OCC2CCC2)c(CCCC(=O)O)c1. The van der Waals surface area contributed by atoms with Gasteiger partial charge in [0.25, 0.3) is 0 Å². The smallest absolute Gasteiger partial charge is 0.303 e. The second kappa shape index (κ2) is 7.11. The molecule has 2 rings (SSSR count). The molecule has 1 N–H and O–H groups in total. The van der Waals surface area contributed by atoms with E-state index in [-0.39, 0.29) is 6.42 Å². The standard InChI is InChI=1S/C16H21BrO3/c1-11-8-13(6-3-7-15(18)19)16(14(17)9-11)20-10-12-4-2-5-12/h8-9,12H,2-7,10H2,1H3,(H,18,19). The zero-order chi connectivity index (χ0) is 14.5. The average molecular weight is 341 g/mol. The van der Waals surface area contributed by atoms with Crippen molar-refractivity contribution in [1.82, 2.24) is 0 Å². The summed E-state index contributed by atoms with van der Waals surface area (Å²) in [6.07, 6.45) is 5.43. The van der Waals surface area contributed by atoms with Crippen LogP contribution in [0.5, 0.6) is 5.75 Å². The second-order valence-corrected chi connectivity index (χ2v) is 6.44. The molecule has 110 valence electrons. The van der Waals surface area contributed by atoms with E-state index in [1.54, 1.807) is 0 Å². The molecule has 0 spiro atoms. The summed E-state index contributed by atoms with van der Waals surface area (Å²) in [4.78, 5) is 10.6. The number of ether oxygens (including phenoxy) is 1. The first-order valence-corrected chi connectivity index (χ1v) is 7.99. The van der Waals surface area contributed by atoms with Gasteiger partial charge in [0.2, 0.25) is 0 Å². The molecular formula is C16H21BrO3. The van der Waals surface area contributed by atoms with Crippen LogP contribution >= 0.6 is 15.9 Å². The number of carbonyl (C=O) groups is 1. The van der Waals surface area contributed by atoms with Gasteiger partial charge in [-0.3, -0.25) is 4.79 Å². The first kappa shape index (κ1) is 15.4. The minimum absolute atomic E-state index is 0.202. The van der Waals surface area contributed by atoms with Crippen LogP contribution in [0.3, 0.4) is 0 Å². The Kier molecular flexibility index (Phi) is 5.46. The molecule has 3 nitrogen and oxygen atoms in total. The van der Waals surface area contributed by atoms with Crippen molar-refractivity contribution in [3.63, 3.8) is 0 Å². The van der Waals surface area contributed by atoms with Crippen LogP contribution in [0.15, 0.2) is 16.6 Å². The lowest BCUT2D eigenvalue weighted by Crippen LogP contribution is -2.19. The number of aryl methyl sites for hydroxylation is 2. The molecule has 1 aliphatic carbocycles. The molecule has 4 heteroatoms. The number of benzene rings is 1. The summed E-state index contributed by atoms with van der Waals surface area (Å²) in [6.45, 7) is 2.81. The van der Waals surface area contributed by atoms with Gasteiger partial charge in [0.05, 0.1) is 11.1 Å². The zero-order valence-electron chi connectivity index (χ0n) is 11.8. The van der Waals surface area contributed by atoms with E-state index in [1.165, 1.54) is 19.3 Å². The van der Waals surface area contributed by atoms with Gasteiger partial charge in [0.15, 0.2) is 0 Å². The second-order valence-electron chi connectivity index (χ2n) is 5.59. The van der Waals surface area contributed by atoms with E-state index < -0.39 is 5.97 Å². The lowest BCUT2D eigenvalue weighted by atomic mass is 9.86. The Morgan fingerprint density at radius 3 is 2.80 bits per heavy atom. The Balaban J connectivity index is 2.03. The maximum atomic E-state index is 10.6. The van der Waals surface area contributed by atoms with Crippen LogP contribution in [0.1, 0.15) is 43.2 Å². The van der Waals surface area contributed by atoms with Crippen molar-refractivity contribution in [2.75, 3.05) is 6.61 Å². The van der Waals surface area contributed by atoms with Crippen LogP contribution in [-0.4, -0.2) is 17.7 Å². The van der Waals surface area contributed by atoms with Gasteiger partial charge in [-0.05, 0) is 71.6 Å². The van der Waals surface area contributed by atoms with Crippen molar-refractivity contribution in [2.24, 2.45) is 5.92 Å². The molecule has 0 saturated heterocycles. The Hall–Kier alpha value is -1.03. The maximum Gasteiger partial charge on any atom is 0.303 e. The summed E-state index contributed by atoms with van der Waals surface area (Å²) in [5, 5.41) is 8.75. The number of halogens is 1. The summed E-state index contributed by atoms with van der Waals surface area (Å²) in [6, 6.07) is 4.15. The molecule has 0 bridgehead atoms. The minimum Gasteiger partial charge on any atom is -0.492 e.